The van der Waals surface area contributed by atoms with Crippen molar-refractivity contribution in [1.82, 2.24) is 10.2 Å². The van der Waals surface area contributed by atoms with Gasteiger partial charge in [0.1, 0.15) is 0 Å². The molecule has 1 aliphatic heterocycles. The molecule has 1 aromatic rings. The van der Waals surface area contributed by atoms with E-state index in [4.69, 9.17) is 0 Å². The Morgan fingerprint density at radius 2 is 2.04 bits per heavy atom. The molecule has 1 N–H and O–H groups in total. The van der Waals surface area contributed by atoms with Gasteiger partial charge in [-0.1, -0.05) is 30.3 Å². The first kappa shape index (κ1) is 17.0. The van der Waals surface area contributed by atoms with Gasteiger partial charge in [0, 0.05) is 32.5 Å². The zero-order valence-corrected chi connectivity index (χ0v) is 13.3. The van der Waals surface area contributed by atoms with Gasteiger partial charge in [-0.3, -0.25) is 14.4 Å². The van der Waals surface area contributed by atoms with Gasteiger partial charge in [-0.15, -0.1) is 0 Å². The summed E-state index contributed by atoms with van der Waals surface area (Å²) in [6.45, 7) is 1.39. The highest BCUT2D eigenvalue weighted by Gasteiger charge is 2.33. The number of carbonyl (C=O) groups excluding carboxylic acids is 3. The fourth-order valence-corrected chi connectivity index (χ4v) is 2.60. The molecule has 1 aromatic carbocycles. The van der Waals surface area contributed by atoms with E-state index < -0.39 is 0 Å². The number of nitrogens with one attached hydrogen (secondary N) is 1. The number of benzene rings is 1. The predicted molar refractivity (Wildman–Crippen MR) is 84.2 cm³/mol. The second-order valence-corrected chi connectivity index (χ2v) is 5.63. The van der Waals surface area contributed by atoms with Crippen molar-refractivity contribution in [3.63, 3.8) is 0 Å². The van der Waals surface area contributed by atoms with Crippen LogP contribution in [0, 0.1) is 5.92 Å². The van der Waals surface area contributed by atoms with E-state index in [1.807, 2.05) is 30.3 Å². The number of amides is 2. The van der Waals surface area contributed by atoms with Crippen LogP contribution >= 0.6 is 0 Å². The number of hydrogen-bond acceptors (Lipinski definition) is 4. The van der Waals surface area contributed by atoms with E-state index in [0.29, 0.717) is 26.1 Å². The Balaban J connectivity index is 1.75. The first-order valence-corrected chi connectivity index (χ1v) is 7.76. The Kier molecular flexibility index (Phi) is 6.14. The summed E-state index contributed by atoms with van der Waals surface area (Å²) < 4.78 is 4.54. The lowest BCUT2D eigenvalue weighted by molar-refractivity contribution is -0.140. The van der Waals surface area contributed by atoms with Gasteiger partial charge >= 0.3 is 5.97 Å². The quantitative estimate of drug-likeness (QED) is 0.603. The molecule has 2 amide bonds. The molecule has 2 rings (SSSR count). The Labute approximate surface area is 135 Å². The number of rotatable bonds is 7. The second-order valence-electron chi connectivity index (χ2n) is 5.63. The Bertz CT molecular complexity index is 559. The SMILES string of the molecule is COC(=O)CCCNC(=O)C1CC(=O)N(Cc2ccccc2)C1. The molecular weight excluding hydrogens is 296 g/mol. The summed E-state index contributed by atoms with van der Waals surface area (Å²) in [6.07, 6.45) is 1.06. The number of likely N-dealkylation sites (tertiary alicyclic amines) is 1. The minimum Gasteiger partial charge on any atom is -0.469 e. The van der Waals surface area contributed by atoms with E-state index in [-0.39, 0.29) is 36.5 Å². The predicted octanol–water partition coefficient (Wildman–Crippen LogP) is 1.10. The summed E-state index contributed by atoms with van der Waals surface area (Å²) in [5, 5.41) is 2.78. The summed E-state index contributed by atoms with van der Waals surface area (Å²) >= 11 is 0. The van der Waals surface area contributed by atoms with Gasteiger partial charge in [-0.25, -0.2) is 0 Å². The van der Waals surface area contributed by atoms with Crippen LogP contribution in [0.1, 0.15) is 24.8 Å². The van der Waals surface area contributed by atoms with Crippen molar-refractivity contribution < 1.29 is 19.1 Å². The van der Waals surface area contributed by atoms with Crippen molar-refractivity contribution in [3.05, 3.63) is 35.9 Å². The maximum atomic E-state index is 12.1. The fraction of sp³-hybridized carbons (Fsp3) is 0.471. The number of ether oxygens (including phenoxy) is 1. The van der Waals surface area contributed by atoms with Crippen LogP contribution in [0.25, 0.3) is 0 Å². The van der Waals surface area contributed by atoms with Crippen molar-refractivity contribution >= 4 is 17.8 Å². The van der Waals surface area contributed by atoms with Crippen LogP contribution in [0.3, 0.4) is 0 Å². The summed E-state index contributed by atoms with van der Waals surface area (Å²) in [5.74, 6) is -0.726. The van der Waals surface area contributed by atoms with E-state index >= 15 is 0 Å². The highest BCUT2D eigenvalue weighted by molar-refractivity contribution is 5.89. The smallest absolute Gasteiger partial charge is 0.305 e. The van der Waals surface area contributed by atoms with Gasteiger partial charge in [-0.2, -0.15) is 0 Å². The number of carbonyl (C=O) groups is 3. The van der Waals surface area contributed by atoms with Crippen molar-refractivity contribution in [3.8, 4) is 0 Å². The highest BCUT2D eigenvalue weighted by atomic mass is 16.5. The van der Waals surface area contributed by atoms with Crippen LogP contribution in [-0.2, 0) is 25.7 Å². The van der Waals surface area contributed by atoms with Crippen molar-refractivity contribution in [1.29, 1.82) is 0 Å². The van der Waals surface area contributed by atoms with Crippen LogP contribution < -0.4 is 5.32 Å². The standard InChI is InChI=1S/C17H22N2O4/c1-23-16(21)8-5-9-18-17(22)14-10-15(20)19(12-14)11-13-6-3-2-4-7-13/h2-4,6-7,14H,5,8-12H2,1H3,(H,18,22). The maximum absolute atomic E-state index is 12.1. The molecular formula is C17H22N2O4. The van der Waals surface area contributed by atoms with Crippen LogP contribution in [0.15, 0.2) is 30.3 Å². The lowest BCUT2D eigenvalue weighted by atomic mass is 10.1. The van der Waals surface area contributed by atoms with Gasteiger partial charge in [-0.05, 0) is 12.0 Å². The van der Waals surface area contributed by atoms with Crippen LogP contribution in [0.2, 0.25) is 0 Å². The summed E-state index contributed by atoms with van der Waals surface area (Å²) in [6, 6.07) is 9.73. The molecule has 0 spiro atoms. The maximum Gasteiger partial charge on any atom is 0.305 e. The average molecular weight is 318 g/mol. The molecule has 1 aliphatic rings. The molecule has 1 atom stereocenters. The zero-order chi connectivity index (χ0) is 16.7. The normalized spacial score (nSPS) is 17.2. The molecule has 0 bridgehead atoms. The number of esters is 1. The van der Waals surface area contributed by atoms with Crippen LogP contribution in [0.5, 0.6) is 0 Å². The third kappa shape index (κ3) is 5.09. The summed E-state index contributed by atoms with van der Waals surface area (Å²) in [5.41, 5.74) is 1.06. The van der Waals surface area contributed by atoms with Crippen molar-refractivity contribution in [2.75, 3.05) is 20.2 Å². The Hall–Kier alpha value is -2.37. The molecule has 0 aromatic heterocycles. The topological polar surface area (TPSA) is 75.7 Å². The van der Waals surface area contributed by atoms with Crippen molar-refractivity contribution in [2.45, 2.75) is 25.8 Å². The molecule has 124 valence electrons. The van der Waals surface area contributed by atoms with E-state index in [0.717, 1.165) is 5.56 Å². The van der Waals surface area contributed by atoms with Gasteiger partial charge < -0.3 is 15.0 Å². The van der Waals surface area contributed by atoms with Gasteiger partial charge in [0.2, 0.25) is 11.8 Å². The summed E-state index contributed by atoms with van der Waals surface area (Å²) in [4.78, 5) is 36.8. The lowest BCUT2D eigenvalue weighted by Crippen LogP contribution is -2.33. The van der Waals surface area contributed by atoms with Gasteiger partial charge in [0.25, 0.3) is 0 Å². The van der Waals surface area contributed by atoms with E-state index in [9.17, 15) is 14.4 Å². The minimum atomic E-state index is -0.315. The van der Waals surface area contributed by atoms with Gasteiger partial charge in [0.05, 0.1) is 13.0 Å². The number of nitrogens with zero attached hydrogens (tertiary/aromatic N) is 1. The molecule has 6 heteroatoms. The first-order chi connectivity index (χ1) is 11.1. The largest absolute Gasteiger partial charge is 0.469 e. The molecule has 0 saturated carbocycles. The zero-order valence-electron chi connectivity index (χ0n) is 13.3. The fourth-order valence-electron chi connectivity index (χ4n) is 2.60. The lowest BCUT2D eigenvalue weighted by Gasteiger charge is -2.16. The molecule has 23 heavy (non-hydrogen) atoms. The first-order valence-electron chi connectivity index (χ1n) is 7.76. The van der Waals surface area contributed by atoms with E-state index in [1.54, 1.807) is 4.90 Å². The van der Waals surface area contributed by atoms with Gasteiger partial charge in [0.15, 0.2) is 0 Å². The third-order valence-electron chi connectivity index (χ3n) is 3.89. The van der Waals surface area contributed by atoms with Crippen molar-refractivity contribution in [2.24, 2.45) is 5.92 Å². The minimum absolute atomic E-state index is 0.00330. The summed E-state index contributed by atoms with van der Waals surface area (Å²) in [7, 11) is 1.34. The molecule has 1 heterocycles. The molecule has 6 nitrogen and oxygen atoms in total. The number of methoxy groups -OCH3 is 1. The highest BCUT2D eigenvalue weighted by Crippen LogP contribution is 2.20. The molecule has 0 aliphatic carbocycles. The molecule has 1 saturated heterocycles. The molecule has 1 unspecified atom stereocenters. The Morgan fingerprint density at radius 1 is 1.30 bits per heavy atom. The monoisotopic (exact) mass is 318 g/mol. The third-order valence-corrected chi connectivity index (χ3v) is 3.89. The number of hydrogen-bond donors (Lipinski definition) is 1. The molecule has 0 radical (unpaired) electrons. The van der Waals surface area contributed by atoms with E-state index in [2.05, 4.69) is 10.1 Å². The van der Waals surface area contributed by atoms with E-state index in [1.165, 1.54) is 7.11 Å². The van der Waals surface area contributed by atoms with Crippen LogP contribution in [0.4, 0.5) is 0 Å². The Morgan fingerprint density at radius 3 is 2.74 bits per heavy atom. The average Bonchev–Trinajstić information content (AvgIpc) is 2.93. The molecule has 1 fully saturated rings. The second kappa shape index (κ2) is 8.31. The van der Waals surface area contributed by atoms with Crippen LogP contribution in [-0.4, -0.2) is 42.9 Å².